The minimum absolute atomic E-state index is 0.0000101. The van der Waals surface area contributed by atoms with Gasteiger partial charge in [-0.15, -0.1) is 10.2 Å². The molecule has 0 bridgehead atoms. The topological polar surface area (TPSA) is 72.2 Å². The summed E-state index contributed by atoms with van der Waals surface area (Å²) in [5.41, 5.74) is 2.87. The number of nitrogens with zero attached hydrogens (tertiary/aromatic N) is 4. The van der Waals surface area contributed by atoms with E-state index in [2.05, 4.69) is 20.6 Å². The number of fused-ring (bicyclic) bond motifs is 1. The van der Waals surface area contributed by atoms with E-state index in [1.54, 1.807) is 4.52 Å². The lowest BCUT2D eigenvalue weighted by Gasteiger charge is -2.06. The number of benzene rings is 2. The first kappa shape index (κ1) is 16.4. The number of nitrogens with one attached hydrogen (secondary N) is 1. The molecule has 2 aromatic carbocycles. The van der Waals surface area contributed by atoms with Crippen molar-refractivity contribution in [2.75, 3.05) is 5.32 Å². The molecule has 2 aromatic heterocycles. The molecule has 0 spiro atoms. The fraction of sp³-hybridized carbons (Fsp3) is 0.158. The highest BCUT2D eigenvalue weighted by molar-refractivity contribution is 7.19. The van der Waals surface area contributed by atoms with Crippen LogP contribution in [0.2, 0.25) is 0 Å². The molecule has 0 aliphatic heterocycles. The van der Waals surface area contributed by atoms with Crippen LogP contribution >= 0.6 is 11.3 Å². The van der Waals surface area contributed by atoms with Crippen LogP contribution in [-0.2, 0) is 11.2 Å². The molecule has 1 amide bonds. The van der Waals surface area contributed by atoms with Gasteiger partial charge in [-0.1, -0.05) is 53.8 Å². The van der Waals surface area contributed by atoms with E-state index in [-0.39, 0.29) is 5.91 Å². The summed E-state index contributed by atoms with van der Waals surface area (Å²) in [4.78, 5) is 13.0. The van der Waals surface area contributed by atoms with Crippen molar-refractivity contribution < 1.29 is 4.79 Å². The van der Waals surface area contributed by atoms with E-state index < -0.39 is 0 Å². The van der Waals surface area contributed by atoms with Crippen LogP contribution in [0.5, 0.6) is 0 Å². The quantitative estimate of drug-likeness (QED) is 0.586. The Labute approximate surface area is 154 Å². The summed E-state index contributed by atoms with van der Waals surface area (Å²) in [5.74, 6) is 0.757. The molecule has 26 heavy (non-hydrogen) atoms. The second-order valence-electron chi connectivity index (χ2n) is 5.96. The van der Waals surface area contributed by atoms with Gasteiger partial charge in [0.15, 0.2) is 5.82 Å². The van der Waals surface area contributed by atoms with Gasteiger partial charge in [0, 0.05) is 17.7 Å². The van der Waals surface area contributed by atoms with Gasteiger partial charge in [-0.25, -0.2) is 0 Å². The van der Waals surface area contributed by atoms with Gasteiger partial charge in [0.25, 0.3) is 0 Å². The lowest BCUT2D eigenvalue weighted by atomic mass is 10.1. The van der Waals surface area contributed by atoms with Gasteiger partial charge in [-0.2, -0.15) is 9.61 Å². The Bertz CT molecular complexity index is 1050. The van der Waals surface area contributed by atoms with E-state index in [4.69, 9.17) is 0 Å². The van der Waals surface area contributed by atoms with Crippen LogP contribution in [0.3, 0.4) is 0 Å². The van der Waals surface area contributed by atoms with Crippen LogP contribution in [-0.4, -0.2) is 25.7 Å². The average molecular weight is 363 g/mol. The second kappa shape index (κ2) is 7.05. The summed E-state index contributed by atoms with van der Waals surface area (Å²) >= 11 is 1.47. The lowest BCUT2D eigenvalue weighted by molar-refractivity contribution is -0.116. The molecule has 0 atom stereocenters. The Morgan fingerprint density at radius 2 is 1.96 bits per heavy atom. The Kier molecular flexibility index (Phi) is 4.45. The third-order valence-corrected chi connectivity index (χ3v) is 4.97. The minimum atomic E-state index is -0.0000101. The second-order valence-corrected chi connectivity index (χ2v) is 6.92. The number of aryl methyl sites for hydroxylation is 2. The molecule has 130 valence electrons. The lowest BCUT2D eigenvalue weighted by Crippen LogP contribution is -2.12. The third kappa shape index (κ3) is 3.48. The SMILES string of the molecule is Cc1nnc2sc(-c3cccc(NC(=O)CCc4ccccc4)c3)nn12. The smallest absolute Gasteiger partial charge is 0.234 e. The molecule has 4 rings (SSSR count). The van der Waals surface area contributed by atoms with Crippen LogP contribution in [0.15, 0.2) is 54.6 Å². The zero-order chi connectivity index (χ0) is 17.9. The Morgan fingerprint density at radius 3 is 2.77 bits per heavy atom. The van der Waals surface area contributed by atoms with E-state index in [9.17, 15) is 4.79 Å². The van der Waals surface area contributed by atoms with Crippen LogP contribution in [0.4, 0.5) is 5.69 Å². The summed E-state index contributed by atoms with van der Waals surface area (Å²) in [7, 11) is 0. The van der Waals surface area contributed by atoms with Crippen LogP contribution in [0, 0.1) is 6.92 Å². The number of amides is 1. The molecule has 0 aliphatic rings. The van der Waals surface area contributed by atoms with Crippen molar-refractivity contribution in [3.63, 3.8) is 0 Å². The summed E-state index contributed by atoms with van der Waals surface area (Å²) in [6, 6.07) is 17.7. The summed E-state index contributed by atoms with van der Waals surface area (Å²) < 4.78 is 1.73. The molecule has 4 aromatic rings. The molecule has 0 aliphatic carbocycles. The van der Waals surface area contributed by atoms with Crippen molar-refractivity contribution >= 4 is 27.9 Å². The number of rotatable bonds is 5. The predicted octanol–water partition coefficient (Wildman–Crippen LogP) is 3.73. The zero-order valence-corrected chi connectivity index (χ0v) is 15.0. The maximum Gasteiger partial charge on any atom is 0.234 e. The molecule has 1 N–H and O–H groups in total. The Balaban J connectivity index is 1.46. The first-order valence-electron chi connectivity index (χ1n) is 8.32. The van der Waals surface area contributed by atoms with E-state index in [0.717, 1.165) is 39.0 Å². The molecule has 2 heterocycles. The van der Waals surface area contributed by atoms with Gasteiger partial charge >= 0.3 is 0 Å². The zero-order valence-electron chi connectivity index (χ0n) is 14.2. The van der Waals surface area contributed by atoms with Crippen molar-refractivity contribution in [3.8, 4) is 10.6 Å². The number of aromatic nitrogens is 4. The minimum Gasteiger partial charge on any atom is -0.326 e. The molecule has 0 fully saturated rings. The standard InChI is InChI=1S/C19H17N5OS/c1-13-21-22-19-24(13)23-18(26-19)15-8-5-9-16(12-15)20-17(25)11-10-14-6-3-2-4-7-14/h2-9,12H,10-11H2,1H3,(H,20,25). The van der Waals surface area contributed by atoms with Crippen molar-refractivity contribution in [1.82, 2.24) is 19.8 Å². The van der Waals surface area contributed by atoms with Crippen molar-refractivity contribution in [1.29, 1.82) is 0 Å². The maximum absolute atomic E-state index is 12.2. The highest BCUT2D eigenvalue weighted by atomic mass is 32.1. The molecular weight excluding hydrogens is 346 g/mol. The molecule has 0 saturated heterocycles. The van der Waals surface area contributed by atoms with E-state index in [1.165, 1.54) is 11.3 Å². The van der Waals surface area contributed by atoms with Gasteiger partial charge in [0.05, 0.1) is 0 Å². The number of hydrogen-bond acceptors (Lipinski definition) is 5. The summed E-state index contributed by atoms with van der Waals surface area (Å²) in [6.45, 7) is 1.87. The van der Waals surface area contributed by atoms with Crippen molar-refractivity contribution in [2.45, 2.75) is 19.8 Å². The molecular formula is C19H17N5OS. The van der Waals surface area contributed by atoms with E-state index in [0.29, 0.717) is 6.42 Å². The average Bonchev–Trinajstić information content (AvgIpc) is 3.23. The number of carbonyl (C=O) groups is 1. The Morgan fingerprint density at radius 1 is 1.12 bits per heavy atom. The highest BCUT2D eigenvalue weighted by Gasteiger charge is 2.11. The fourth-order valence-electron chi connectivity index (χ4n) is 2.69. The number of carbonyl (C=O) groups excluding carboxylic acids is 1. The van der Waals surface area contributed by atoms with Crippen LogP contribution in [0.1, 0.15) is 17.8 Å². The van der Waals surface area contributed by atoms with Gasteiger partial charge in [0.2, 0.25) is 10.9 Å². The maximum atomic E-state index is 12.2. The van der Waals surface area contributed by atoms with Gasteiger partial charge in [0.1, 0.15) is 5.01 Å². The van der Waals surface area contributed by atoms with Gasteiger partial charge in [-0.05, 0) is 31.0 Å². The normalized spacial score (nSPS) is 11.0. The molecule has 7 heteroatoms. The van der Waals surface area contributed by atoms with Crippen LogP contribution < -0.4 is 5.32 Å². The largest absolute Gasteiger partial charge is 0.326 e. The molecule has 0 saturated carbocycles. The summed E-state index contributed by atoms with van der Waals surface area (Å²) in [6.07, 6.45) is 1.17. The molecule has 0 radical (unpaired) electrons. The first-order valence-corrected chi connectivity index (χ1v) is 9.14. The number of hydrogen-bond donors (Lipinski definition) is 1. The molecule has 6 nitrogen and oxygen atoms in total. The monoisotopic (exact) mass is 363 g/mol. The van der Waals surface area contributed by atoms with Crippen LogP contribution in [0.25, 0.3) is 15.5 Å². The molecule has 0 unspecified atom stereocenters. The van der Waals surface area contributed by atoms with Gasteiger partial charge < -0.3 is 5.32 Å². The van der Waals surface area contributed by atoms with Crippen molar-refractivity contribution in [3.05, 3.63) is 66.0 Å². The summed E-state index contributed by atoms with van der Waals surface area (Å²) in [5, 5.41) is 16.4. The highest BCUT2D eigenvalue weighted by Crippen LogP contribution is 2.27. The van der Waals surface area contributed by atoms with Gasteiger partial charge in [-0.3, -0.25) is 4.79 Å². The number of anilines is 1. The van der Waals surface area contributed by atoms with Crippen molar-refractivity contribution in [2.24, 2.45) is 0 Å². The fourth-order valence-corrected chi connectivity index (χ4v) is 3.57. The predicted molar refractivity (Wildman–Crippen MR) is 102 cm³/mol. The Hall–Kier alpha value is -3.06. The van der Waals surface area contributed by atoms with E-state index >= 15 is 0 Å². The van der Waals surface area contributed by atoms with E-state index in [1.807, 2.05) is 61.5 Å². The third-order valence-electron chi connectivity index (χ3n) is 4.02. The first-order chi connectivity index (χ1) is 12.7.